The van der Waals surface area contributed by atoms with Crippen molar-refractivity contribution in [2.45, 2.75) is 40.0 Å². The quantitative estimate of drug-likeness (QED) is 0.542. The molecule has 0 fully saturated rings. The second kappa shape index (κ2) is 3.47. The van der Waals surface area contributed by atoms with Crippen molar-refractivity contribution < 1.29 is 0 Å². The Morgan fingerprint density at radius 1 is 1.58 bits per heavy atom. The Morgan fingerprint density at radius 3 is 2.58 bits per heavy atom. The maximum atomic E-state index is 3.90. The average molecular weight is 164 g/mol. The van der Waals surface area contributed by atoms with Crippen molar-refractivity contribution in [3.8, 4) is 0 Å². The van der Waals surface area contributed by atoms with Crippen molar-refractivity contribution in [1.82, 2.24) is 0 Å². The Morgan fingerprint density at radius 2 is 2.25 bits per heavy atom. The summed E-state index contributed by atoms with van der Waals surface area (Å²) in [5, 5.41) is 0. The van der Waals surface area contributed by atoms with Crippen LogP contribution in [0.5, 0.6) is 0 Å². The number of hydrogen-bond acceptors (Lipinski definition) is 0. The van der Waals surface area contributed by atoms with Crippen LogP contribution in [-0.4, -0.2) is 0 Å². The molecule has 1 aliphatic carbocycles. The van der Waals surface area contributed by atoms with Gasteiger partial charge in [0, 0.05) is 0 Å². The zero-order valence-electron chi connectivity index (χ0n) is 8.56. The van der Waals surface area contributed by atoms with Gasteiger partial charge in [-0.2, -0.15) is 0 Å². The van der Waals surface area contributed by atoms with Crippen LogP contribution in [0.1, 0.15) is 40.0 Å². The van der Waals surface area contributed by atoms with Crippen LogP contribution in [0.3, 0.4) is 0 Å². The van der Waals surface area contributed by atoms with Crippen molar-refractivity contribution in [2.75, 3.05) is 0 Å². The Labute approximate surface area is 76.4 Å². The third-order valence-electron chi connectivity index (χ3n) is 3.05. The highest BCUT2D eigenvalue weighted by Crippen LogP contribution is 2.37. The van der Waals surface area contributed by atoms with Gasteiger partial charge in [-0.15, -0.1) is 6.58 Å². The molecule has 0 radical (unpaired) electrons. The van der Waals surface area contributed by atoms with E-state index in [-0.39, 0.29) is 0 Å². The SMILES string of the molecule is C=CC1(C)CC=C(C(C)C)CC1. The lowest BCUT2D eigenvalue weighted by Crippen LogP contribution is -2.17. The fourth-order valence-corrected chi connectivity index (χ4v) is 1.71. The lowest BCUT2D eigenvalue weighted by molar-refractivity contribution is 0.369. The maximum Gasteiger partial charge on any atom is -0.0112 e. The van der Waals surface area contributed by atoms with Crippen LogP contribution in [0.2, 0.25) is 0 Å². The molecule has 0 aromatic rings. The molecule has 0 bridgehead atoms. The van der Waals surface area contributed by atoms with Gasteiger partial charge >= 0.3 is 0 Å². The molecule has 12 heavy (non-hydrogen) atoms. The van der Waals surface area contributed by atoms with E-state index in [1.165, 1.54) is 19.3 Å². The molecule has 0 saturated carbocycles. The van der Waals surface area contributed by atoms with E-state index in [9.17, 15) is 0 Å². The van der Waals surface area contributed by atoms with Gasteiger partial charge in [0.1, 0.15) is 0 Å². The molecule has 0 aliphatic heterocycles. The number of rotatable bonds is 2. The van der Waals surface area contributed by atoms with Gasteiger partial charge < -0.3 is 0 Å². The summed E-state index contributed by atoms with van der Waals surface area (Å²) in [5.74, 6) is 0.736. The fourth-order valence-electron chi connectivity index (χ4n) is 1.71. The first-order valence-electron chi connectivity index (χ1n) is 4.90. The highest BCUT2D eigenvalue weighted by atomic mass is 14.3. The standard InChI is InChI=1S/C12H20/c1-5-12(4)8-6-11(7-9-12)10(2)3/h5-6,10H,1,7-9H2,2-4H3. The molecule has 0 N–H and O–H groups in total. The van der Waals surface area contributed by atoms with Gasteiger partial charge in [0.05, 0.1) is 0 Å². The molecule has 1 rings (SSSR count). The highest BCUT2D eigenvalue weighted by molar-refractivity contribution is 5.14. The summed E-state index contributed by atoms with van der Waals surface area (Å²) in [6, 6.07) is 0. The molecule has 0 spiro atoms. The Balaban J connectivity index is 2.64. The zero-order chi connectivity index (χ0) is 9.19. The summed E-state index contributed by atoms with van der Waals surface area (Å²) in [6.07, 6.45) is 8.25. The average Bonchev–Trinajstić information content (AvgIpc) is 2.05. The Kier molecular flexibility index (Phi) is 2.76. The van der Waals surface area contributed by atoms with E-state index < -0.39 is 0 Å². The largest absolute Gasteiger partial charge is 0.103 e. The Bertz CT molecular complexity index is 198. The number of allylic oxidation sites excluding steroid dienone is 3. The number of hydrogen-bond donors (Lipinski definition) is 0. The molecular formula is C12H20. The Hall–Kier alpha value is -0.520. The molecule has 0 aromatic heterocycles. The van der Waals surface area contributed by atoms with Crippen LogP contribution in [0.15, 0.2) is 24.3 Å². The molecule has 0 saturated heterocycles. The molecule has 1 aliphatic rings. The van der Waals surface area contributed by atoms with Gasteiger partial charge in [-0.1, -0.05) is 38.5 Å². The smallest absolute Gasteiger partial charge is 0.0112 e. The molecule has 68 valence electrons. The third kappa shape index (κ3) is 2.00. The lowest BCUT2D eigenvalue weighted by atomic mass is 9.75. The van der Waals surface area contributed by atoms with E-state index >= 15 is 0 Å². The predicted molar refractivity (Wildman–Crippen MR) is 55.1 cm³/mol. The molecule has 0 nitrogen and oxygen atoms in total. The normalized spacial score (nSPS) is 30.2. The zero-order valence-corrected chi connectivity index (χ0v) is 8.56. The summed E-state index contributed by atoms with van der Waals surface area (Å²) in [7, 11) is 0. The molecule has 1 atom stereocenters. The topological polar surface area (TPSA) is 0 Å². The summed E-state index contributed by atoms with van der Waals surface area (Å²) >= 11 is 0. The fraction of sp³-hybridized carbons (Fsp3) is 0.667. The molecule has 0 amide bonds. The second-order valence-electron chi connectivity index (χ2n) is 4.50. The third-order valence-corrected chi connectivity index (χ3v) is 3.05. The first-order chi connectivity index (χ1) is 5.57. The predicted octanol–water partition coefficient (Wildman–Crippen LogP) is 3.95. The van der Waals surface area contributed by atoms with Crippen LogP contribution in [0.4, 0.5) is 0 Å². The van der Waals surface area contributed by atoms with E-state index in [1.54, 1.807) is 5.57 Å². The van der Waals surface area contributed by atoms with Crippen LogP contribution in [0, 0.1) is 11.3 Å². The van der Waals surface area contributed by atoms with E-state index in [0.29, 0.717) is 5.41 Å². The molecule has 0 heteroatoms. The minimum atomic E-state index is 0.373. The summed E-state index contributed by atoms with van der Waals surface area (Å²) in [6.45, 7) is 10.8. The van der Waals surface area contributed by atoms with Crippen LogP contribution in [0.25, 0.3) is 0 Å². The van der Waals surface area contributed by atoms with Gasteiger partial charge in [0.2, 0.25) is 0 Å². The monoisotopic (exact) mass is 164 g/mol. The van der Waals surface area contributed by atoms with Crippen molar-refractivity contribution >= 4 is 0 Å². The van der Waals surface area contributed by atoms with E-state index in [1.807, 2.05) is 0 Å². The first-order valence-corrected chi connectivity index (χ1v) is 4.90. The van der Waals surface area contributed by atoms with Gasteiger partial charge in [0.25, 0.3) is 0 Å². The lowest BCUT2D eigenvalue weighted by Gasteiger charge is -2.30. The summed E-state index contributed by atoms with van der Waals surface area (Å²) in [5.41, 5.74) is 2.01. The van der Waals surface area contributed by atoms with Crippen LogP contribution >= 0.6 is 0 Å². The highest BCUT2D eigenvalue weighted by Gasteiger charge is 2.23. The first kappa shape index (κ1) is 9.57. The van der Waals surface area contributed by atoms with Crippen molar-refractivity contribution in [3.05, 3.63) is 24.3 Å². The van der Waals surface area contributed by atoms with E-state index in [4.69, 9.17) is 0 Å². The van der Waals surface area contributed by atoms with E-state index in [0.717, 1.165) is 5.92 Å². The van der Waals surface area contributed by atoms with Crippen LogP contribution < -0.4 is 0 Å². The second-order valence-corrected chi connectivity index (χ2v) is 4.50. The van der Waals surface area contributed by atoms with Crippen LogP contribution in [-0.2, 0) is 0 Å². The van der Waals surface area contributed by atoms with Gasteiger partial charge in [-0.05, 0) is 30.6 Å². The van der Waals surface area contributed by atoms with Crippen molar-refractivity contribution in [3.63, 3.8) is 0 Å². The molecule has 0 aromatic carbocycles. The van der Waals surface area contributed by atoms with Crippen molar-refractivity contribution in [2.24, 2.45) is 11.3 Å². The molecule has 1 unspecified atom stereocenters. The summed E-state index contributed by atoms with van der Waals surface area (Å²) < 4.78 is 0. The minimum Gasteiger partial charge on any atom is -0.103 e. The minimum absolute atomic E-state index is 0.373. The molecule has 0 heterocycles. The van der Waals surface area contributed by atoms with Gasteiger partial charge in [-0.3, -0.25) is 0 Å². The summed E-state index contributed by atoms with van der Waals surface area (Å²) in [4.78, 5) is 0. The van der Waals surface area contributed by atoms with Gasteiger partial charge in [-0.25, -0.2) is 0 Å². The van der Waals surface area contributed by atoms with Crippen molar-refractivity contribution in [1.29, 1.82) is 0 Å². The maximum absolute atomic E-state index is 3.90. The molecular weight excluding hydrogens is 144 g/mol. The van der Waals surface area contributed by atoms with E-state index in [2.05, 4.69) is 39.5 Å². The van der Waals surface area contributed by atoms with Gasteiger partial charge in [0.15, 0.2) is 0 Å².